The van der Waals surface area contributed by atoms with Gasteiger partial charge in [-0.3, -0.25) is 5.32 Å². The average Bonchev–Trinajstić information content (AvgIpc) is 1.65. The number of hydrogen-bond acceptors (Lipinski definition) is 3. The predicted octanol–water partition coefficient (Wildman–Crippen LogP) is -0.0463. The largest absolute Gasteiger partial charge is 0.358 e. The SMILES string of the molecule is C=C(NC)[N+](=O)[O-]. The second-order valence-corrected chi connectivity index (χ2v) is 0.954. The first kappa shape index (κ1) is 5.94. The first-order valence-corrected chi connectivity index (χ1v) is 1.69. The van der Waals surface area contributed by atoms with E-state index in [0.29, 0.717) is 0 Å². The van der Waals surface area contributed by atoms with Crippen LogP contribution in [0.25, 0.3) is 0 Å². The summed E-state index contributed by atoms with van der Waals surface area (Å²) >= 11 is 0. The van der Waals surface area contributed by atoms with Gasteiger partial charge >= 0.3 is 5.82 Å². The highest BCUT2D eigenvalue weighted by Gasteiger charge is 1.93. The Bertz CT molecular complexity index is 99.1. The molecule has 0 spiro atoms. The van der Waals surface area contributed by atoms with Crippen molar-refractivity contribution in [2.24, 2.45) is 0 Å². The quantitative estimate of drug-likeness (QED) is 0.393. The Morgan fingerprint density at radius 2 is 2.43 bits per heavy atom. The predicted molar refractivity (Wildman–Crippen MR) is 25.2 cm³/mol. The summed E-state index contributed by atoms with van der Waals surface area (Å²) < 4.78 is 0. The van der Waals surface area contributed by atoms with Crippen molar-refractivity contribution in [3.63, 3.8) is 0 Å². The molecule has 1 N–H and O–H groups in total. The zero-order valence-corrected chi connectivity index (χ0v) is 3.97. The normalized spacial score (nSPS) is 7.57. The first-order valence-electron chi connectivity index (χ1n) is 1.69. The van der Waals surface area contributed by atoms with Crippen molar-refractivity contribution in [1.82, 2.24) is 5.32 Å². The molecule has 0 saturated carbocycles. The Balaban J connectivity index is 3.58. The van der Waals surface area contributed by atoms with Crippen LogP contribution in [0.15, 0.2) is 12.4 Å². The lowest BCUT2D eigenvalue weighted by atomic mass is 10.8. The van der Waals surface area contributed by atoms with Gasteiger partial charge in [0.25, 0.3) is 0 Å². The lowest BCUT2D eigenvalue weighted by molar-refractivity contribution is -0.430. The van der Waals surface area contributed by atoms with Crippen LogP contribution < -0.4 is 5.32 Å². The van der Waals surface area contributed by atoms with Gasteiger partial charge in [0.2, 0.25) is 0 Å². The number of rotatable bonds is 2. The Hall–Kier alpha value is -1.06. The van der Waals surface area contributed by atoms with E-state index in [4.69, 9.17) is 0 Å². The standard InChI is InChI=1S/C3H6N2O2/c1-3(4-2)5(6)7/h4H,1H2,2H3. The molecular weight excluding hydrogens is 96.0 g/mol. The van der Waals surface area contributed by atoms with Crippen LogP contribution in [0.3, 0.4) is 0 Å². The fourth-order valence-electron chi connectivity index (χ4n) is 0.0913. The van der Waals surface area contributed by atoms with Gasteiger partial charge < -0.3 is 10.1 Å². The van der Waals surface area contributed by atoms with Gasteiger partial charge in [0.05, 0.1) is 7.05 Å². The average molecular weight is 102 g/mol. The van der Waals surface area contributed by atoms with E-state index in [2.05, 4.69) is 11.9 Å². The van der Waals surface area contributed by atoms with Crippen LogP contribution in [0.4, 0.5) is 0 Å². The summed E-state index contributed by atoms with van der Waals surface area (Å²) in [6, 6.07) is 0. The summed E-state index contributed by atoms with van der Waals surface area (Å²) in [5.41, 5.74) is 0. The van der Waals surface area contributed by atoms with Crippen molar-refractivity contribution in [2.75, 3.05) is 7.05 Å². The zero-order chi connectivity index (χ0) is 5.86. The second kappa shape index (κ2) is 2.17. The van der Waals surface area contributed by atoms with Gasteiger partial charge in [0.15, 0.2) is 0 Å². The molecule has 0 amide bonds. The van der Waals surface area contributed by atoms with Gasteiger partial charge in [0.1, 0.15) is 0 Å². The minimum atomic E-state index is -0.583. The van der Waals surface area contributed by atoms with Gasteiger partial charge in [-0.05, 0) is 11.5 Å². The summed E-state index contributed by atoms with van der Waals surface area (Å²) in [5.74, 6) is -0.181. The number of nitrogens with one attached hydrogen (secondary N) is 1. The van der Waals surface area contributed by atoms with Crippen LogP contribution in [0, 0.1) is 10.1 Å². The van der Waals surface area contributed by atoms with E-state index >= 15 is 0 Å². The number of hydrogen-bond donors (Lipinski definition) is 1. The highest BCUT2D eigenvalue weighted by molar-refractivity contribution is 4.72. The molecule has 4 heteroatoms. The molecule has 0 atom stereocenters. The Morgan fingerprint density at radius 1 is 2.00 bits per heavy atom. The van der Waals surface area contributed by atoms with Gasteiger partial charge in [-0.2, -0.15) is 0 Å². The van der Waals surface area contributed by atoms with Crippen molar-refractivity contribution in [3.8, 4) is 0 Å². The summed E-state index contributed by atoms with van der Waals surface area (Å²) in [5, 5.41) is 11.8. The minimum absolute atomic E-state index is 0.181. The summed E-state index contributed by atoms with van der Waals surface area (Å²) in [4.78, 5) is 8.99. The van der Waals surface area contributed by atoms with Crippen LogP contribution in [-0.4, -0.2) is 12.0 Å². The molecule has 0 saturated heterocycles. The lowest BCUT2D eigenvalue weighted by Crippen LogP contribution is -2.12. The highest BCUT2D eigenvalue weighted by atomic mass is 16.6. The van der Waals surface area contributed by atoms with Gasteiger partial charge in [-0.15, -0.1) is 0 Å². The molecule has 0 aromatic carbocycles. The molecule has 0 aliphatic carbocycles. The summed E-state index contributed by atoms with van der Waals surface area (Å²) in [7, 11) is 1.45. The molecule has 0 aliphatic rings. The third-order valence-electron chi connectivity index (χ3n) is 0.509. The monoisotopic (exact) mass is 102 g/mol. The molecule has 4 nitrogen and oxygen atoms in total. The first-order chi connectivity index (χ1) is 3.18. The molecule has 0 unspecified atom stereocenters. The summed E-state index contributed by atoms with van der Waals surface area (Å²) in [6.07, 6.45) is 0. The molecule has 0 radical (unpaired) electrons. The van der Waals surface area contributed by atoms with E-state index in [1.807, 2.05) is 0 Å². The molecule has 0 aliphatic heterocycles. The second-order valence-electron chi connectivity index (χ2n) is 0.954. The minimum Gasteiger partial charge on any atom is -0.358 e. The van der Waals surface area contributed by atoms with E-state index < -0.39 is 4.92 Å². The van der Waals surface area contributed by atoms with Crippen LogP contribution in [0.2, 0.25) is 0 Å². The highest BCUT2D eigenvalue weighted by Crippen LogP contribution is 1.77. The molecule has 0 aromatic heterocycles. The van der Waals surface area contributed by atoms with Crippen molar-refractivity contribution in [1.29, 1.82) is 0 Å². The lowest BCUT2D eigenvalue weighted by Gasteiger charge is -1.91. The Kier molecular flexibility index (Phi) is 1.84. The van der Waals surface area contributed by atoms with Gasteiger partial charge in [0, 0.05) is 0 Å². The topological polar surface area (TPSA) is 55.2 Å². The molecule has 0 bridgehead atoms. The maximum atomic E-state index is 9.57. The van der Waals surface area contributed by atoms with Crippen molar-refractivity contribution in [3.05, 3.63) is 22.5 Å². The third-order valence-corrected chi connectivity index (χ3v) is 0.509. The maximum absolute atomic E-state index is 9.57. The number of nitro groups is 1. The molecular formula is C3H6N2O2. The van der Waals surface area contributed by atoms with Crippen molar-refractivity contribution in [2.45, 2.75) is 0 Å². The fraction of sp³-hybridized carbons (Fsp3) is 0.333. The maximum Gasteiger partial charge on any atom is 0.308 e. The molecule has 0 fully saturated rings. The fourth-order valence-corrected chi connectivity index (χ4v) is 0.0913. The van der Waals surface area contributed by atoms with Crippen LogP contribution >= 0.6 is 0 Å². The van der Waals surface area contributed by atoms with Crippen LogP contribution in [0.1, 0.15) is 0 Å². The van der Waals surface area contributed by atoms with Crippen LogP contribution in [0.5, 0.6) is 0 Å². The third kappa shape index (κ3) is 1.75. The molecule has 7 heavy (non-hydrogen) atoms. The van der Waals surface area contributed by atoms with Crippen molar-refractivity contribution < 1.29 is 4.92 Å². The molecule has 0 rings (SSSR count). The van der Waals surface area contributed by atoms with E-state index in [1.54, 1.807) is 0 Å². The van der Waals surface area contributed by atoms with E-state index in [0.717, 1.165) is 0 Å². The van der Waals surface area contributed by atoms with Gasteiger partial charge in [-0.1, -0.05) is 0 Å². The Labute approximate surface area is 41.0 Å². The molecule has 0 aromatic rings. The molecule has 0 heterocycles. The molecule has 40 valence electrons. The van der Waals surface area contributed by atoms with E-state index in [1.165, 1.54) is 7.05 Å². The number of nitrogens with zero attached hydrogens (tertiary/aromatic N) is 1. The van der Waals surface area contributed by atoms with E-state index in [9.17, 15) is 10.1 Å². The smallest absolute Gasteiger partial charge is 0.308 e. The van der Waals surface area contributed by atoms with Crippen LogP contribution in [-0.2, 0) is 0 Å². The van der Waals surface area contributed by atoms with Crippen molar-refractivity contribution >= 4 is 0 Å². The van der Waals surface area contributed by atoms with Gasteiger partial charge in [-0.25, -0.2) is 0 Å². The zero-order valence-electron chi connectivity index (χ0n) is 3.97. The van der Waals surface area contributed by atoms with E-state index in [-0.39, 0.29) is 5.82 Å². The Morgan fingerprint density at radius 3 is 2.43 bits per heavy atom. The summed E-state index contributed by atoms with van der Waals surface area (Å²) in [6.45, 7) is 3.06.